The van der Waals surface area contributed by atoms with Crippen LogP contribution in [0.15, 0.2) is 83.8 Å². The zero-order chi connectivity index (χ0) is 22.4. The van der Waals surface area contributed by atoms with Gasteiger partial charge in [0, 0.05) is 5.69 Å². The van der Waals surface area contributed by atoms with Gasteiger partial charge in [0.15, 0.2) is 0 Å². The first-order valence-corrected chi connectivity index (χ1v) is 11.0. The van der Waals surface area contributed by atoms with E-state index in [1.165, 1.54) is 37.4 Å². The molecule has 0 unspecified atom stereocenters. The maximum Gasteiger partial charge on any atom is 0.339 e. The Labute approximate surface area is 185 Å². The average molecular weight is 459 g/mol. The molecule has 0 spiro atoms. The van der Waals surface area contributed by atoms with Gasteiger partial charge in [-0.05, 0) is 42.5 Å². The predicted molar refractivity (Wildman–Crippen MR) is 119 cm³/mol. The van der Waals surface area contributed by atoms with E-state index in [1.807, 2.05) is 0 Å². The Balaban J connectivity index is 1.89. The topological polar surface area (TPSA) is 92.8 Å². The van der Waals surface area contributed by atoms with Crippen LogP contribution in [-0.4, -0.2) is 33.9 Å². The standard InChI is InChI=1S/C22H19ClN2O5S/c1-30-22(27)19-14-16(12-13-20(19)23)24-21(26)15-25(17-8-4-2-5-9-17)31(28,29)18-10-6-3-7-11-18/h2-14H,15H2,1H3,(H,24,26). The van der Waals surface area contributed by atoms with E-state index in [9.17, 15) is 18.0 Å². The lowest BCUT2D eigenvalue weighted by atomic mass is 10.2. The van der Waals surface area contributed by atoms with Crippen molar-refractivity contribution in [1.82, 2.24) is 0 Å². The maximum absolute atomic E-state index is 13.2. The first-order chi connectivity index (χ1) is 14.8. The number of rotatable bonds is 7. The van der Waals surface area contributed by atoms with Crippen molar-refractivity contribution >= 4 is 44.9 Å². The number of anilines is 2. The van der Waals surface area contributed by atoms with Gasteiger partial charge in [0.2, 0.25) is 5.91 Å². The number of hydrogen-bond acceptors (Lipinski definition) is 5. The van der Waals surface area contributed by atoms with Crippen LogP contribution in [-0.2, 0) is 19.6 Å². The lowest BCUT2D eigenvalue weighted by molar-refractivity contribution is -0.114. The van der Waals surface area contributed by atoms with Crippen LogP contribution in [0.1, 0.15) is 10.4 Å². The molecule has 0 aliphatic rings. The highest BCUT2D eigenvalue weighted by atomic mass is 35.5. The van der Waals surface area contributed by atoms with E-state index in [0.717, 1.165) is 4.31 Å². The number of nitrogens with one attached hydrogen (secondary N) is 1. The van der Waals surface area contributed by atoms with E-state index < -0.39 is 28.4 Å². The van der Waals surface area contributed by atoms with Crippen LogP contribution in [0.4, 0.5) is 11.4 Å². The van der Waals surface area contributed by atoms with E-state index >= 15 is 0 Å². The highest BCUT2D eigenvalue weighted by Crippen LogP contribution is 2.24. The SMILES string of the molecule is COC(=O)c1cc(NC(=O)CN(c2ccccc2)S(=O)(=O)c2ccccc2)ccc1Cl. The molecule has 0 aromatic heterocycles. The van der Waals surface area contributed by atoms with Crippen molar-refractivity contribution in [3.05, 3.63) is 89.4 Å². The Hall–Kier alpha value is -3.36. The minimum atomic E-state index is -4.00. The minimum Gasteiger partial charge on any atom is -0.465 e. The van der Waals surface area contributed by atoms with E-state index in [4.69, 9.17) is 11.6 Å². The summed E-state index contributed by atoms with van der Waals surface area (Å²) in [6.45, 7) is -0.475. The smallest absolute Gasteiger partial charge is 0.339 e. The molecule has 0 fully saturated rings. The second-order valence-electron chi connectivity index (χ2n) is 6.39. The highest BCUT2D eigenvalue weighted by molar-refractivity contribution is 7.92. The number of carbonyl (C=O) groups excluding carboxylic acids is 2. The van der Waals surface area contributed by atoms with E-state index in [2.05, 4.69) is 10.1 Å². The van der Waals surface area contributed by atoms with Gasteiger partial charge in [-0.15, -0.1) is 0 Å². The lowest BCUT2D eigenvalue weighted by Crippen LogP contribution is -2.38. The number of benzene rings is 3. The number of nitrogens with zero attached hydrogens (tertiary/aromatic N) is 1. The van der Waals surface area contributed by atoms with E-state index in [-0.39, 0.29) is 21.2 Å². The van der Waals surface area contributed by atoms with Crippen LogP contribution in [0, 0.1) is 0 Å². The van der Waals surface area contributed by atoms with Gasteiger partial charge >= 0.3 is 5.97 Å². The molecule has 0 saturated heterocycles. The second-order valence-corrected chi connectivity index (χ2v) is 8.66. The number of ether oxygens (including phenoxy) is 1. The fourth-order valence-corrected chi connectivity index (χ4v) is 4.47. The molecular weight excluding hydrogens is 440 g/mol. The van der Waals surface area contributed by atoms with Crippen molar-refractivity contribution in [2.75, 3.05) is 23.3 Å². The third kappa shape index (κ3) is 5.22. The molecule has 0 radical (unpaired) electrons. The van der Waals surface area contributed by atoms with Crippen molar-refractivity contribution in [1.29, 1.82) is 0 Å². The molecule has 0 saturated carbocycles. The summed E-state index contributed by atoms with van der Waals surface area (Å²) in [6.07, 6.45) is 0. The third-order valence-corrected chi connectivity index (χ3v) is 6.44. The first kappa shape index (κ1) is 22.3. The van der Waals surface area contributed by atoms with Crippen LogP contribution in [0.2, 0.25) is 5.02 Å². The summed E-state index contributed by atoms with van der Waals surface area (Å²) in [7, 11) is -2.78. The van der Waals surface area contributed by atoms with Crippen molar-refractivity contribution in [3.63, 3.8) is 0 Å². The molecule has 3 rings (SSSR count). The first-order valence-electron chi connectivity index (χ1n) is 9.13. The lowest BCUT2D eigenvalue weighted by Gasteiger charge is -2.24. The van der Waals surface area contributed by atoms with E-state index in [1.54, 1.807) is 48.5 Å². The number of carbonyl (C=O) groups is 2. The van der Waals surface area contributed by atoms with Crippen LogP contribution in [0.3, 0.4) is 0 Å². The summed E-state index contributed by atoms with van der Waals surface area (Å²) in [5.41, 5.74) is 0.701. The maximum atomic E-state index is 13.2. The van der Waals surface area contributed by atoms with Gasteiger partial charge in [0.1, 0.15) is 6.54 Å². The average Bonchev–Trinajstić information content (AvgIpc) is 2.79. The number of hydrogen-bond donors (Lipinski definition) is 1. The zero-order valence-electron chi connectivity index (χ0n) is 16.5. The summed E-state index contributed by atoms with van der Waals surface area (Å²) in [5, 5.41) is 2.77. The third-order valence-electron chi connectivity index (χ3n) is 4.32. The Bertz CT molecular complexity index is 1190. The quantitative estimate of drug-likeness (QED) is 0.541. The zero-order valence-corrected chi connectivity index (χ0v) is 18.1. The Morgan fingerprint density at radius 3 is 2.19 bits per heavy atom. The van der Waals surface area contributed by atoms with Crippen LogP contribution in [0.5, 0.6) is 0 Å². The molecule has 3 aromatic rings. The molecule has 7 nitrogen and oxygen atoms in total. The van der Waals surface area contributed by atoms with Gasteiger partial charge in [0.05, 0.1) is 28.3 Å². The van der Waals surface area contributed by atoms with Crippen LogP contribution >= 0.6 is 11.6 Å². The number of halogens is 1. The summed E-state index contributed by atoms with van der Waals surface area (Å²) < 4.78 is 32.1. The molecular formula is C22H19ClN2O5S. The number of amides is 1. The molecule has 9 heteroatoms. The fourth-order valence-electron chi connectivity index (χ4n) is 2.83. The van der Waals surface area contributed by atoms with Crippen molar-refractivity contribution in [2.45, 2.75) is 4.90 Å². The van der Waals surface area contributed by atoms with Crippen molar-refractivity contribution < 1.29 is 22.7 Å². The molecule has 1 amide bonds. The van der Waals surface area contributed by atoms with Gasteiger partial charge in [-0.3, -0.25) is 9.10 Å². The number of esters is 1. The van der Waals surface area contributed by atoms with Gasteiger partial charge < -0.3 is 10.1 Å². The number of methoxy groups -OCH3 is 1. The summed E-state index contributed by atoms with van der Waals surface area (Å²) >= 11 is 6.00. The predicted octanol–water partition coefficient (Wildman–Crippen LogP) is 3.96. The minimum absolute atomic E-state index is 0.0612. The molecule has 0 bridgehead atoms. The Kier molecular flexibility index (Phi) is 6.94. The summed E-state index contributed by atoms with van der Waals surface area (Å²) in [4.78, 5) is 24.6. The number of sulfonamides is 1. The summed E-state index contributed by atoms with van der Waals surface area (Å²) in [5.74, 6) is -1.25. The molecule has 0 aliphatic carbocycles. The van der Waals surface area contributed by atoms with Crippen LogP contribution < -0.4 is 9.62 Å². The Morgan fingerprint density at radius 1 is 0.968 bits per heavy atom. The molecule has 160 valence electrons. The monoisotopic (exact) mass is 458 g/mol. The molecule has 1 N–H and O–H groups in total. The normalized spacial score (nSPS) is 10.9. The second kappa shape index (κ2) is 9.63. The summed E-state index contributed by atoms with van der Waals surface area (Å²) in [6, 6.07) is 20.5. The van der Waals surface area contributed by atoms with Crippen molar-refractivity contribution in [2.24, 2.45) is 0 Å². The van der Waals surface area contributed by atoms with E-state index in [0.29, 0.717) is 5.69 Å². The largest absolute Gasteiger partial charge is 0.465 e. The van der Waals surface area contributed by atoms with Crippen LogP contribution in [0.25, 0.3) is 0 Å². The molecule has 31 heavy (non-hydrogen) atoms. The molecule has 3 aromatic carbocycles. The van der Waals surface area contributed by atoms with Gasteiger partial charge in [-0.25, -0.2) is 13.2 Å². The molecule has 0 atom stereocenters. The molecule has 0 aliphatic heterocycles. The number of para-hydroxylation sites is 1. The van der Waals surface area contributed by atoms with Gasteiger partial charge in [0.25, 0.3) is 10.0 Å². The van der Waals surface area contributed by atoms with Gasteiger partial charge in [-0.1, -0.05) is 48.0 Å². The molecule has 0 heterocycles. The van der Waals surface area contributed by atoms with Gasteiger partial charge in [-0.2, -0.15) is 0 Å². The Morgan fingerprint density at radius 2 is 1.58 bits per heavy atom. The fraction of sp³-hybridized carbons (Fsp3) is 0.0909. The van der Waals surface area contributed by atoms with Crippen molar-refractivity contribution in [3.8, 4) is 0 Å². The highest BCUT2D eigenvalue weighted by Gasteiger charge is 2.27.